The quantitative estimate of drug-likeness (QED) is 0.162. The number of aliphatic imine (C=N–C) groups is 1. The molecule has 2 aliphatic heterocycles. The molecule has 11 aromatic rings. The lowest BCUT2D eigenvalue weighted by molar-refractivity contribution is 0.523. The standard InChI is InChI=1S/C60H44N4S/c1-59(2)51-14-8-9-15-53(51)64-56-52(59)31-32-61-57(56)60(3,4)62-58(64)43-23-29-48-42(34-43)18-17-41-33-40(22-28-47(41)48)38-19-24-44(25-20-38)63(45-26-21-37-11-5-6-12-39(37)35-45)46-27-30-55-50(36-46)49-13-7-10-16-54(49)65-55/h5-36H,1-4H3. The van der Waals surface area contributed by atoms with Gasteiger partial charge in [0.15, 0.2) is 0 Å². The lowest BCUT2D eigenvalue weighted by Crippen LogP contribution is -2.43. The van der Waals surface area contributed by atoms with E-state index in [1.807, 2.05) is 17.5 Å². The van der Waals surface area contributed by atoms with Crippen molar-refractivity contribution in [2.24, 2.45) is 4.99 Å². The van der Waals surface area contributed by atoms with E-state index in [0.29, 0.717) is 0 Å². The van der Waals surface area contributed by atoms with Crippen molar-refractivity contribution in [3.05, 3.63) is 217 Å². The molecule has 0 N–H and O–H groups in total. The lowest BCUT2D eigenvalue weighted by atomic mass is 9.72. The molecule has 0 saturated carbocycles. The third kappa shape index (κ3) is 5.82. The van der Waals surface area contributed by atoms with Crippen molar-refractivity contribution in [1.82, 2.24) is 4.98 Å². The number of benzene rings is 9. The molecule has 4 heterocycles. The van der Waals surface area contributed by atoms with Gasteiger partial charge in [-0.1, -0.05) is 129 Å². The second-order valence-corrected chi connectivity index (χ2v) is 19.7. The minimum Gasteiger partial charge on any atom is -0.310 e. The number of para-hydroxylation sites is 1. The second-order valence-electron chi connectivity index (χ2n) is 18.7. The number of hydrogen-bond donors (Lipinski definition) is 0. The maximum Gasteiger partial charge on any atom is 0.141 e. The molecule has 0 saturated heterocycles. The molecule has 0 aliphatic carbocycles. The summed E-state index contributed by atoms with van der Waals surface area (Å²) < 4.78 is 2.62. The number of thiophene rings is 1. The molecule has 0 atom stereocenters. The number of fused-ring (bicyclic) bond motifs is 9. The first-order valence-corrected chi connectivity index (χ1v) is 23.3. The molecular weight excluding hydrogens is 809 g/mol. The Morgan fingerprint density at radius 1 is 0.462 bits per heavy atom. The van der Waals surface area contributed by atoms with Crippen LogP contribution in [-0.4, -0.2) is 10.8 Å². The fraction of sp³-hybridized carbons (Fsp3) is 0.100. The second kappa shape index (κ2) is 13.9. The summed E-state index contributed by atoms with van der Waals surface area (Å²) >= 11 is 1.85. The van der Waals surface area contributed by atoms with Crippen molar-refractivity contribution in [3.8, 4) is 11.1 Å². The Bertz CT molecular complexity index is 3800. The molecule has 2 aliphatic rings. The largest absolute Gasteiger partial charge is 0.310 e. The van der Waals surface area contributed by atoms with E-state index in [4.69, 9.17) is 9.98 Å². The van der Waals surface area contributed by atoms with Crippen molar-refractivity contribution in [1.29, 1.82) is 0 Å². The smallest absolute Gasteiger partial charge is 0.141 e. The highest BCUT2D eigenvalue weighted by Crippen LogP contribution is 2.54. The highest BCUT2D eigenvalue weighted by atomic mass is 32.1. The maximum absolute atomic E-state index is 5.48. The van der Waals surface area contributed by atoms with Gasteiger partial charge in [0, 0.05) is 54.4 Å². The number of pyridine rings is 1. The average Bonchev–Trinajstić information content (AvgIpc) is 3.71. The van der Waals surface area contributed by atoms with Crippen LogP contribution in [0, 0.1) is 0 Å². The van der Waals surface area contributed by atoms with Gasteiger partial charge in [0.05, 0.1) is 17.1 Å². The molecule has 13 rings (SSSR count). The van der Waals surface area contributed by atoms with E-state index in [1.165, 1.54) is 86.1 Å². The Morgan fingerprint density at radius 2 is 1.09 bits per heavy atom. The average molecular weight is 853 g/mol. The zero-order valence-electron chi connectivity index (χ0n) is 36.7. The van der Waals surface area contributed by atoms with E-state index in [9.17, 15) is 0 Å². The number of anilines is 5. The zero-order chi connectivity index (χ0) is 43.6. The van der Waals surface area contributed by atoms with Crippen LogP contribution in [0.15, 0.2) is 199 Å². The fourth-order valence-corrected chi connectivity index (χ4v) is 11.8. The van der Waals surface area contributed by atoms with Gasteiger partial charge in [-0.2, -0.15) is 0 Å². The summed E-state index contributed by atoms with van der Waals surface area (Å²) in [6.45, 7) is 9.03. The molecule has 0 fully saturated rings. The third-order valence-electron chi connectivity index (χ3n) is 14.0. The molecule has 0 spiro atoms. The first kappa shape index (κ1) is 37.9. The molecule has 0 amide bonds. The van der Waals surface area contributed by atoms with E-state index < -0.39 is 5.54 Å². The highest BCUT2D eigenvalue weighted by Gasteiger charge is 2.45. The van der Waals surface area contributed by atoms with Crippen LogP contribution in [0.1, 0.15) is 50.1 Å². The molecule has 0 bridgehead atoms. The molecule has 4 nitrogen and oxygen atoms in total. The van der Waals surface area contributed by atoms with Crippen LogP contribution in [0.5, 0.6) is 0 Å². The fourth-order valence-electron chi connectivity index (χ4n) is 10.7. The van der Waals surface area contributed by atoms with Gasteiger partial charge in [0.1, 0.15) is 11.4 Å². The predicted octanol–water partition coefficient (Wildman–Crippen LogP) is 16.5. The Balaban J connectivity index is 0.864. The molecule has 65 heavy (non-hydrogen) atoms. The van der Waals surface area contributed by atoms with Crippen LogP contribution in [0.25, 0.3) is 63.6 Å². The SMILES string of the molecule is CC1(C)N=C(c2ccc3c(ccc4cc(-c5ccc(N(c6ccc7ccccc7c6)c6ccc7sc8ccccc8c7c6)cc5)ccc43)c2)N2c3ccccc3C(C)(C)c3ccnc1c32. The third-order valence-corrected chi connectivity index (χ3v) is 15.1. The molecule has 5 heteroatoms. The van der Waals surface area contributed by atoms with Crippen LogP contribution in [-0.2, 0) is 11.0 Å². The van der Waals surface area contributed by atoms with Gasteiger partial charge in [-0.05, 0) is 141 Å². The monoisotopic (exact) mass is 852 g/mol. The van der Waals surface area contributed by atoms with Crippen LogP contribution in [0.3, 0.4) is 0 Å². The number of aromatic nitrogens is 1. The van der Waals surface area contributed by atoms with Gasteiger partial charge in [-0.15, -0.1) is 11.3 Å². The normalized spacial score (nSPS) is 14.8. The van der Waals surface area contributed by atoms with Crippen LogP contribution >= 0.6 is 11.3 Å². The molecule has 310 valence electrons. The van der Waals surface area contributed by atoms with Crippen molar-refractivity contribution in [2.75, 3.05) is 9.80 Å². The Hall–Kier alpha value is -7.60. The van der Waals surface area contributed by atoms with E-state index in [-0.39, 0.29) is 5.41 Å². The van der Waals surface area contributed by atoms with Gasteiger partial charge < -0.3 is 4.90 Å². The number of hydrogen-bond acceptors (Lipinski definition) is 5. The van der Waals surface area contributed by atoms with Crippen molar-refractivity contribution >= 4 is 98.1 Å². The number of amidine groups is 1. The van der Waals surface area contributed by atoms with Gasteiger partial charge in [0.2, 0.25) is 0 Å². The summed E-state index contributed by atoms with van der Waals surface area (Å²) in [7, 11) is 0. The maximum atomic E-state index is 5.48. The molecule has 9 aromatic carbocycles. The van der Waals surface area contributed by atoms with Gasteiger partial charge >= 0.3 is 0 Å². The van der Waals surface area contributed by atoms with Crippen molar-refractivity contribution < 1.29 is 0 Å². The summed E-state index contributed by atoms with van der Waals surface area (Å²) in [6, 6.07) is 69.3. The summed E-state index contributed by atoms with van der Waals surface area (Å²) in [5.74, 6) is 0.959. The van der Waals surface area contributed by atoms with Crippen LogP contribution in [0.4, 0.5) is 28.4 Å². The topological polar surface area (TPSA) is 31.7 Å². The first-order chi connectivity index (χ1) is 31.7. The highest BCUT2D eigenvalue weighted by molar-refractivity contribution is 7.25. The van der Waals surface area contributed by atoms with Crippen molar-refractivity contribution in [2.45, 2.75) is 38.6 Å². The Morgan fingerprint density at radius 3 is 1.92 bits per heavy atom. The van der Waals surface area contributed by atoms with E-state index in [2.05, 4.69) is 226 Å². The molecule has 0 radical (unpaired) electrons. The number of rotatable bonds is 5. The summed E-state index contributed by atoms with van der Waals surface area (Å²) in [5.41, 5.74) is 12.1. The first-order valence-electron chi connectivity index (χ1n) is 22.5. The van der Waals surface area contributed by atoms with E-state index in [1.54, 1.807) is 0 Å². The molecule has 0 unspecified atom stereocenters. The minimum absolute atomic E-state index is 0.171. The molecule has 2 aromatic heterocycles. The van der Waals surface area contributed by atoms with Gasteiger partial charge in [-0.3, -0.25) is 14.9 Å². The lowest BCUT2D eigenvalue weighted by Gasteiger charge is -2.46. The Labute approximate surface area is 382 Å². The summed E-state index contributed by atoms with van der Waals surface area (Å²) in [4.78, 5) is 15.2. The van der Waals surface area contributed by atoms with Crippen LogP contribution < -0.4 is 9.80 Å². The summed E-state index contributed by atoms with van der Waals surface area (Å²) in [5, 5.41) is 9.92. The predicted molar refractivity (Wildman–Crippen MR) is 276 cm³/mol. The van der Waals surface area contributed by atoms with Gasteiger partial charge in [0.25, 0.3) is 0 Å². The zero-order valence-corrected chi connectivity index (χ0v) is 37.5. The number of nitrogens with zero attached hydrogens (tertiary/aromatic N) is 4. The van der Waals surface area contributed by atoms with E-state index in [0.717, 1.165) is 34.2 Å². The minimum atomic E-state index is -0.491. The van der Waals surface area contributed by atoms with Gasteiger partial charge in [-0.25, -0.2) is 0 Å². The van der Waals surface area contributed by atoms with Crippen molar-refractivity contribution in [3.63, 3.8) is 0 Å². The van der Waals surface area contributed by atoms with E-state index >= 15 is 0 Å². The summed E-state index contributed by atoms with van der Waals surface area (Å²) in [6.07, 6.45) is 1.96. The Kier molecular flexibility index (Phi) is 8.14. The van der Waals surface area contributed by atoms with Crippen LogP contribution in [0.2, 0.25) is 0 Å². The molecular formula is C60H44N4S.